The lowest BCUT2D eigenvalue weighted by Gasteiger charge is -2.10. The van der Waals surface area contributed by atoms with E-state index in [1.807, 2.05) is 0 Å². The smallest absolute Gasteiger partial charge is 0.135 e. The summed E-state index contributed by atoms with van der Waals surface area (Å²) in [6.45, 7) is 3.57. The standard InChI is InChI=1S/C10H17N3OS/c1-2-11-10-9(12-13-15-10)7-14-8-5-3-4-6-8/h8,11H,2-7H2,1H3. The van der Waals surface area contributed by atoms with E-state index in [1.165, 1.54) is 37.2 Å². The Hall–Kier alpha value is -0.680. The molecular formula is C10H17N3OS. The van der Waals surface area contributed by atoms with Crippen LogP contribution in [-0.4, -0.2) is 22.2 Å². The van der Waals surface area contributed by atoms with E-state index in [9.17, 15) is 0 Å². The third kappa shape index (κ3) is 2.89. The predicted molar refractivity (Wildman–Crippen MR) is 61.1 cm³/mol. The highest BCUT2D eigenvalue weighted by Crippen LogP contribution is 2.24. The Morgan fingerprint density at radius 1 is 1.47 bits per heavy atom. The second kappa shape index (κ2) is 5.42. The number of anilines is 1. The van der Waals surface area contributed by atoms with Crippen molar-refractivity contribution in [2.75, 3.05) is 11.9 Å². The van der Waals surface area contributed by atoms with E-state index in [4.69, 9.17) is 4.74 Å². The summed E-state index contributed by atoms with van der Waals surface area (Å²) >= 11 is 1.40. The summed E-state index contributed by atoms with van der Waals surface area (Å²) in [5.74, 6) is 0. The van der Waals surface area contributed by atoms with Gasteiger partial charge in [-0.15, -0.1) is 5.10 Å². The van der Waals surface area contributed by atoms with Crippen LogP contribution in [0, 0.1) is 0 Å². The Labute approximate surface area is 94.2 Å². The molecule has 15 heavy (non-hydrogen) atoms. The molecule has 1 aliphatic carbocycles. The Morgan fingerprint density at radius 3 is 3.00 bits per heavy atom. The van der Waals surface area contributed by atoms with Gasteiger partial charge in [-0.3, -0.25) is 0 Å². The van der Waals surface area contributed by atoms with E-state index in [2.05, 4.69) is 21.8 Å². The van der Waals surface area contributed by atoms with Gasteiger partial charge in [-0.25, -0.2) is 0 Å². The lowest BCUT2D eigenvalue weighted by atomic mass is 10.3. The number of rotatable bonds is 5. The van der Waals surface area contributed by atoms with Crippen LogP contribution in [0.25, 0.3) is 0 Å². The minimum atomic E-state index is 0.446. The molecule has 1 aromatic rings. The molecule has 4 nitrogen and oxygen atoms in total. The zero-order chi connectivity index (χ0) is 10.5. The fraction of sp³-hybridized carbons (Fsp3) is 0.800. The molecule has 5 heteroatoms. The molecule has 0 atom stereocenters. The molecule has 1 heterocycles. The fourth-order valence-corrected chi connectivity index (χ4v) is 2.48. The molecule has 1 N–H and O–H groups in total. The molecule has 1 saturated carbocycles. The number of hydrogen-bond donors (Lipinski definition) is 1. The van der Waals surface area contributed by atoms with Gasteiger partial charge in [0.25, 0.3) is 0 Å². The van der Waals surface area contributed by atoms with Crippen molar-refractivity contribution in [2.45, 2.75) is 45.3 Å². The maximum atomic E-state index is 5.80. The average molecular weight is 227 g/mol. The highest BCUT2D eigenvalue weighted by atomic mass is 32.1. The number of nitrogens with one attached hydrogen (secondary N) is 1. The highest BCUT2D eigenvalue weighted by molar-refractivity contribution is 7.10. The molecule has 0 bridgehead atoms. The summed E-state index contributed by atoms with van der Waals surface area (Å²) in [5.41, 5.74) is 0.953. The van der Waals surface area contributed by atoms with Gasteiger partial charge in [-0.1, -0.05) is 17.3 Å². The molecule has 0 unspecified atom stereocenters. The van der Waals surface area contributed by atoms with Crippen LogP contribution >= 0.6 is 11.5 Å². The van der Waals surface area contributed by atoms with Crippen LogP contribution in [0.4, 0.5) is 5.00 Å². The van der Waals surface area contributed by atoms with Gasteiger partial charge in [0.2, 0.25) is 0 Å². The van der Waals surface area contributed by atoms with Gasteiger partial charge in [-0.05, 0) is 19.8 Å². The van der Waals surface area contributed by atoms with Gasteiger partial charge in [0.1, 0.15) is 10.7 Å². The van der Waals surface area contributed by atoms with Gasteiger partial charge >= 0.3 is 0 Å². The van der Waals surface area contributed by atoms with Crippen molar-refractivity contribution >= 4 is 16.5 Å². The molecular weight excluding hydrogens is 210 g/mol. The third-order valence-electron chi connectivity index (χ3n) is 2.65. The highest BCUT2D eigenvalue weighted by Gasteiger charge is 2.16. The molecule has 0 radical (unpaired) electrons. The average Bonchev–Trinajstić information content (AvgIpc) is 2.85. The quantitative estimate of drug-likeness (QED) is 0.839. The lowest BCUT2D eigenvalue weighted by molar-refractivity contribution is 0.0440. The monoisotopic (exact) mass is 227 g/mol. The van der Waals surface area contributed by atoms with Crippen molar-refractivity contribution < 1.29 is 4.74 Å². The van der Waals surface area contributed by atoms with Crippen molar-refractivity contribution in [3.05, 3.63) is 5.69 Å². The topological polar surface area (TPSA) is 47.0 Å². The second-order valence-corrected chi connectivity index (χ2v) is 4.55. The molecule has 0 spiro atoms. The van der Waals surface area contributed by atoms with Gasteiger partial charge in [0.05, 0.1) is 12.7 Å². The minimum Gasteiger partial charge on any atom is -0.374 e. The summed E-state index contributed by atoms with van der Waals surface area (Å²) in [6, 6.07) is 0. The van der Waals surface area contributed by atoms with Crippen molar-refractivity contribution in [3.8, 4) is 0 Å². The molecule has 1 fully saturated rings. The Morgan fingerprint density at radius 2 is 2.27 bits per heavy atom. The zero-order valence-corrected chi connectivity index (χ0v) is 9.85. The summed E-state index contributed by atoms with van der Waals surface area (Å²) in [4.78, 5) is 0. The third-order valence-corrected chi connectivity index (χ3v) is 3.38. The van der Waals surface area contributed by atoms with Crippen LogP contribution in [-0.2, 0) is 11.3 Å². The van der Waals surface area contributed by atoms with Crippen LogP contribution in [0.2, 0.25) is 0 Å². The SMILES string of the molecule is CCNc1snnc1COC1CCCC1. The summed E-state index contributed by atoms with van der Waals surface area (Å²) in [7, 11) is 0. The van der Waals surface area contributed by atoms with E-state index in [0.717, 1.165) is 17.2 Å². The summed E-state index contributed by atoms with van der Waals surface area (Å²) in [6.07, 6.45) is 5.46. The number of aromatic nitrogens is 2. The van der Waals surface area contributed by atoms with E-state index >= 15 is 0 Å². The molecule has 1 aliphatic rings. The Bertz CT molecular complexity index is 297. The van der Waals surface area contributed by atoms with Crippen molar-refractivity contribution in [2.24, 2.45) is 0 Å². The molecule has 2 rings (SSSR count). The zero-order valence-electron chi connectivity index (χ0n) is 9.03. The summed E-state index contributed by atoms with van der Waals surface area (Å²) < 4.78 is 9.73. The maximum Gasteiger partial charge on any atom is 0.135 e. The first-order valence-electron chi connectivity index (χ1n) is 5.57. The lowest BCUT2D eigenvalue weighted by Crippen LogP contribution is -2.08. The molecule has 0 saturated heterocycles. The molecule has 84 valence electrons. The van der Waals surface area contributed by atoms with Crippen LogP contribution in [0.15, 0.2) is 0 Å². The van der Waals surface area contributed by atoms with Gasteiger partial charge in [0, 0.05) is 18.1 Å². The molecule has 0 aliphatic heterocycles. The minimum absolute atomic E-state index is 0.446. The molecule has 0 aromatic carbocycles. The Balaban J connectivity index is 1.83. The van der Waals surface area contributed by atoms with E-state index < -0.39 is 0 Å². The van der Waals surface area contributed by atoms with Crippen molar-refractivity contribution in [1.29, 1.82) is 0 Å². The predicted octanol–water partition coefficient (Wildman–Crippen LogP) is 2.43. The van der Waals surface area contributed by atoms with Crippen molar-refractivity contribution in [3.63, 3.8) is 0 Å². The second-order valence-electron chi connectivity index (χ2n) is 3.80. The first-order valence-corrected chi connectivity index (χ1v) is 6.34. The first kappa shape index (κ1) is 10.8. The number of hydrogen-bond acceptors (Lipinski definition) is 5. The van der Waals surface area contributed by atoms with E-state index in [1.54, 1.807) is 0 Å². The van der Waals surface area contributed by atoms with Crippen LogP contribution < -0.4 is 5.32 Å². The van der Waals surface area contributed by atoms with Gasteiger partial charge < -0.3 is 10.1 Å². The normalized spacial score (nSPS) is 17.1. The molecule has 0 amide bonds. The van der Waals surface area contributed by atoms with Crippen LogP contribution in [0.5, 0.6) is 0 Å². The van der Waals surface area contributed by atoms with E-state index in [-0.39, 0.29) is 0 Å². The molecule has 1 aromatic heterocycles. The fourth-order valence-electron chi connectivity index (χ4n) is 1.85. The van der Waals surface area contributed by atoms with Gasteiger partial charge in [-0.2, -0.15) is 0 Å². The number of ether oxygens (including phenoxy) is 1. The first-order chi connectivity index (χ1) is 7.40. The Kier molecular flexibility index (Phi) is 3.91. The van der Waals surface area contributed by atoms with Gasteiger partial charge in [0.15, 0.2) is 0 Å². The largest absolute Gasteiger partial charge is 0.374 e. The summed E-state index contributed by atoms with van der Waals surface area (Å²) in [5, 5.41) is 8.37. The number of nitrogens with zero attached hydrogens (tertiary/aromatic N) is 2. The maximum absolute atomic E-state index is 5.80. The van der Waals surface area contributed by atoms with Crippen LogP contribution in [0.3, 0.4) is 0 Å². The van der Waals surface area contributed by atoms with E-state index in [0.29, 0.717) is 12.7 Å². The van der Waals surface area contributed by atoms with Crippen molar-refractivity contribution in [1.82, 2.24) is 9.59 Å². The van der Waals surface area contributed by atoms with Crippen LogP contribution in [0.1, 0.15) is 38.3 Å².